The number of benzene rings is 1. The summed E-state index contributed by atoms with van der Waals surface area (Å²) in [5, 5.41) is 1.91. The van der Waals surface area contributed by atoms with Gasteiger partial charge < -0.3 is 0 Å². The summed E-state index contributed by atoms with van der Waals surface area (Å²) >= 11 is 1.51. The molecule has 0 aliphatic carbocycles. The van der Waals surface area contributed by atoms with Crippen molar-refractivity contribution < 1.29 is 12.8 Å². The van der Waals surface area contributed by atoms with Crippen LogP contribution < -0.4 is 0 Å². The molecule has 0 saturated carbocycles. The van der Waals surface area contributed by atoms with Gasteiger partial charge in [0.2, 0.25) is 10.0 Å². The van der Waals surface area contributed by atoms with Crippen LogP contribution in [0.3, 0.4) is 0 Å². The third kappa shape index (κ3) is 2.92. The second-order valence-electron chi connectivity index (χ2n) is 4.71. The Morgan fingerprint density at radius 3 is 2.35 bits per heavy atom. The van der Waals surface area contributed by atoms with Crippen molar-refractivity contribution in [2.45, 2.75) is 25.3 Å². The van der Waals surface area contributed by atoms with Crippen LogP contribution in [0.1, 0.15) is 16.0 Å². The molecular weight excluding hydrogens is 297 g/mol. The lowest BCUT2D eigenvalue weighted by molar-refractivity contribution is 0.468. The molecule has 0 unspecified atom stereocenters. The van der Waals surface area contributed by atoms with Gasteiger partial charge in [0.05, 0.1) is 4.90 Å². The number of nitrogens with zero attached hydrogens (tertiary/aromatic N) is 1. The van der Waals surface area contributed by atoms with E-state index >= 15 is 0 Å². The molecular formula is C14H16FNO2S2. The molecule has 1 heterocycles. The molecule has 0 radical (unpaired) electrons. The normalized spacial score (nSPS) is 12.1. The maximum atomic E-state index is 13.3. The van der Waals surface area contributed by atoms with E-state index < -0.39 is 15.8 Å². The fourth-order valence-electron chi connectivity index (χ4n) is 2.17. The number of halogens is 1. The van der Waals surface area contributed by atoms with Crippen LogP contribution >= 0.6 is 11.3 Å². The van der Waals surface area contributed by atoms with Gasteiger partial charge in [-0.2, -0.15) is 4.31 Å². The number of thiophene rings is 1. The van der Waals surface area contributed by atoms with Crippen molar-refractivity contribution >= 4 is 21.4 Å². The highest BCUT2D eigenvalue weighted by Crippen LogP contribution is 2.25. The van der Waals surface area contributed by atoms with E-state index in [-0.39, 0.29) is 4.90 Å². The van der Waals surface area contributed by atoms with Crippen LogP contribution in [-0.2, 0) is 16.6 Å². The van der Waals surface area contributed by atoms with Gasteiger partial charge in [0.25, 0.3) is 0 Å². The second-order valence-corrected chi connectivity index (χ2v) is 7.72. The third-order valence-corrected chi connectivity index (χ3v) is 6.02. The van der Waals surface area contributed by atoms with Gasteiger partial charge in [0, 0.05) is 18.5 Å². The zero-order valence-electron chi connectivity index (χ0n) is 11.6. The molecule has 0 amide bonds. The smallest absolute Gasteiger partial charge is 0.207 e. The summed E-state index contributed by atoms with van der Waals surface area (Å²) in [6.45, 7) is 3.54. The molecule has 20 heavy (non-hydrogen) atoms. The van der Waals surface area contributed by atoms with Crippen LogP contribution in [0.25, 0.3) is 0 Å². The fraction of sp³-hybridized carbons (Fsp3) is 0.286. The van der Waals surface area contributed by atoms with Gasteiger partial charge >= 0.3 is 0 Å². The zero-order valence-corrected chi connectivity index (χ0v) is 13.2. The standard InChI is InChI=1S/C14H16FNO2S2/c1-10-7-12(15)8-11(2)14(10)20(17,18)16(3)9-13-5-4-6-19-13/h4-8H,9H2,1-3H3. The van der Waals surface area contributed by atoms with Gasteiger partial charge in [0.1, 0.15) is 5.82 Å². The predicted molar refractivity (Wildman–Crippen MR) is 78.8 cm³/mol. The molecule has 0 spiro atoms. The van der Waals surface area contributed by atoms with Crippen LogP contribution in [0.15, 0.2) is 34.5 Å². The van der Waals surface area contributed by atoms with E-state index in [0.29, 0.717) is 17.7 Å². The van der Waals surface area contributed by atoms with E-state index in [2.05, 4.69) is 0 Å². The lowest BCUT2D eigenvalue weighted by Crippen LogP contribution is -2.27. The minimum atomic E-state index is -3.62. The van der Waals surface area contributed by atoms with E-state index in [0.717, 1.165) is 4.88 Å². The largest absolute Gasteiger partial charge is 0.243 e. The van der Waals surface area contributed by atoms with Gasteiger partial charge in [-0.1, -0.05) is 6.07 Å². The molecule has 0 aliphatic heterocycles. The highest BCUT2D eigenvalue weighted by molar-refractivity contribution is 7.89. The molecule has 0 atom stereocenters. The van der Waals surface area contributed by atoms with E-state index in [9.17, 15) is 12.8 Å². The highest BCUT2D eigenvalue weighted by Gasteiger charge is 2.25. The number of rotatable bonds is 4. The Kier molecular flexibility index (Phi) is 4.27. The van der Waals surface area contributed by atoms with Crippen LogP contribution in [0.5, 0.6) is 0 Å². The fourth-order valence-corrected chi connectivity index (χ4v) is 4.56. The Bertz CT molecular complexity index is 686. The predicted octanol–water partition coefficient (Wildman–Crippen LogP) is 3.32. The van der Waals surface area contributed by atoms with Crippen LogP contribution in [-0.4, -0.2) is 19.8 Å². The van der Waals surface area contributed by atoms with Gasteiger partial charge in [-0.25, -0.2) is 12.8 Å². The van der Waals surface area contributed by atoms with E-state index in [1.165, 1.54) is 34.8 Å². The molecule has 1 aromatic heterocycles. The van der Waals surface area contributed by atoms with Crippen molar-refractivity contribution in [2.75, 3.05) is 7.05 Å². The molecule has 0 N–H and O–H groups in total. The Morgan fingerprint density at radius 2 is 1.85 bits per heavy atom. The average molecular weight is 313 g/mol. The monoisotopic (exact) mass is 313 g/mol. The molecule has 0 fully saturated rings. The van der Waals surface area contributed by atoms with E-state index in [4.69, 9.17) is 0 Å². The molecule has 1 aromatic carbocycles. The Balaban J connectivity index is 2.40. The summed E-state index contributed by atoms with van der Waals surface area (Å²) < 4.78 is 39.8. The number of hydrogen-bond donors (Lipinski definition) is 0. The molecule has 2 rings (SSSR count). The molecule has 6 heteroatoms. The third-order valence-electron chi connectivity index (χ3n) is 3.05. The number of hydrogen-bond acceptors (Lipinski definition) is 3. The number of aryl methyl sites for hydroxylation is 2. The van der Waals surface area contributed by atoms with Gasteiger partial charge in [-0.3, -0.25) is 0 Å². The zero-order chi connectivity index (χ0) is 14.9. The first-order valence-electron chi connectivity index (χ1n) is 6.08. The Hall–Kier alpha value is -1.24. The summed E-state index contributed by atoms with van der Waals surface area (Å²) in [6.07, 6.45) is 0. The van der Waals surface area contributed by atoms with Crippen molar-refractivity contribution in [1.82, 2.24) is 4.31 Å². The van der Waals surface area contributed by atoms with E-state index in [1.807, 2.05) is 17.5 Å². The molecule has 3 nitrogen and oxygen atoms in total. The first-order chi connectivity index (χ1) is 9.32. The Morgan fingerprint density at radius 1 is 1.25 bits per heavy atom. The average Bonchev–Trinajstić information content (AvgIpc) is 2.79. The van der Waals surface area contributed by atoms with E-state index in [1.54, 1.807) is 13.8 Å². The minimum absolute atomic E-state index is 0.193. The van der Waals surface area contributed by atoms with Gasteiger partial charge in [0.15, 0.2) is 0 Å². The SMILES string of the molecule is Cc1cc(F)cc(C)c1S(=O)(=O)N(C)Cc1cccs1. The molecule has 0 bridgehead atoms. The summed E-state index contributed by atoms with van der Waals surface area (Å²) in [5.74, 6) is -0.417. The quantitative estimate of drug-likeness (QED) is 0.868. The molecule has 108 valence electrons. The number of sulfonamides is 1. The van der Waals surface area contributed by atoms with Crippen molar-refractivity contribution in [3.8, 4) is 0 Å². The first kappa shape index (κ1) is 15.2. The lowest BCUT2D eigenvalue weighted by atomic mass is 10.1. The lowest BCUT2D eigenvalue weighted by Gasteiger charge is -2.19. The Labute approximate surface area is 122 Å². The maximum absolute atomic E-state index is 13.3. The second kappa shape index (κ2) is 5.63. The van der Waals surface area contributed by atoms with Crippen molar-refractivity contribution in [2.24, 2.45) is 0 Å². The minimum Gasteiger partial charge on any atom is -0.207 e. The molecule has 0 saturated heterocycles. The first-order valence-corrected chi connectivity index (χ1v) is 8.40. The van der Waals surface area contributed by atoms with Crippen molar-refractivity contribution in [3.05, 3.63) is 51.5 Å². The summed E-state index contributed by atoms with van der Waals surface area (Å²) in [5.41, 5.74) is 0.862. The maximum Gasteiger partial charge on any atom is 0.243 e. The molecule has 2 aromatic rings. The summed E-state index contributed by atoms with van der Waals surface area (Å²) in [4.78, 5) is 1.16. The topological polar surface area (TPSA) is 37.4 Å². The molecule has 0 aliphatic rings. The van der Waals surface area contributed by atoms with Gasteiger partial charge in [-0.05, 0) is 48.6 Å². The summed E-state index contributed by atoms with van der Waals surface area (Å²) in [7, 11) is -2.08. The van der Waals surface area contributed by atoms with Crippen molar-refractivity contribution in [1.29, 1.82) is 0 Å². The van der Waals surface area contributed by atoms with Crippen LogP contribution in [0, 0.1) is 19.7 Å². The van der Waals surface area contributed by atoms with Crippen LogP contribution in [0.4, 0.5) is 4.39 Å². The van der Waals surface area contributed by atoms with Gasteiger partial charge in [-0.15, -0.1) is 11.3 Å². The summed E-state index contributed by atoms with van der Waals surface area (Å²) in [6, 6.07) is 6.27. The van der Waals surface area contributed by atoms with Crippen LogP contribution in [0.2, 0.25) is 0 Å². The van der Waals surface area contributed by atoms with Crippen molar-refractivity contribution in [3.63, 3.8) is 0 Å². The highest BCUT2D eigenvalue weighted by atomic mass is 32.2.